The number of hydroxylamine groups is 1. The van der Waals surface area contributed by atoms with E-state index in [1.807, 2.05) is 5.48 Å². The zero-order valence-electron chi connectivity index (χ0n) is 19.0. The number of hydrogen-bond acceptors (Lipinski definition) is 18. The summed E-state index contributed by atoms with van der Waals surface area (Å²) in [4.78, 5) is 4.54. The zero-order valence-corrected chi connectivity index (χ0v) is 19.0. The lowest BCUT2D eigenvalue weighted by atomic mass is 9.84. The molecule has 0 amide bonds. The van der Waals surface area contributed by atoms with Gasteiger partial charge in [-0.3, -0.25) is 10.0 Å². The molecule has 0 bridgehead atoms. The summed E-state index contributed by atoms with van der Waals surface area (Å²) in [5, 5.41) is 89.6. The first-order valence-electron chi connectivity index (χ1n) is 11.3. The van der Waals surface area contributed by atoms with Crippen molar-refractivity contribution in [1.82, 2.24) is 11.1 Å². The van der Waals surface area contributed by atoms with Gasteiger partial charge in [0, 0.05) is 6.04 Å². The molecule has 0 spiro atoms. The van der Waals surface area contributed by atoms with E-state index in [0.717, 1.165) is 0 Å². The molecular formula is C18H36N4O14. The van der Waals surface area contributed by atoms with Crippen LogP contribution in [0.2, 0.25) is 0 Å². The highest BCUT2D eigenvalue weighted by Crippen LogP contribution is 2.31. The average molecular weight is 533 g/mol. The second kappa shape index (κ2) is 12.9. The normalized spacial score (nSPS) is 50.2. The SMILES string of the molecule is N[C@@H]1[C@@H](O)[C@@H](O[C@H]2[C@H](NO)C[C@H](N)C(O[C@H]3O[C@H](CONO)[C@@H](O)[C@H](O)[C@H]3O)[C@@H]2O)O[C@H](CO)[C@H]1O. The van der Waals surface area contributed by atoms with E-state index in [2.05, 4.69) is 4.84 Å². The molecule has 0 aromatic rings. The third-order valence-corrected chi connectivity index (χ3v) is 6.68. The molecule has 2 aliphatic heterocycles. The van der Waals surface area contributed by atoms with Crippen LogP contribution in [0.5, 0.6) is 0 Å². The van der Waals surface area contributed by atoms with Gasteiger partial charge >= 0.3 is 0 Å². The smallest absolute Gasteiger partial charge is 0.187 e. The van der Waals surface area contributed by atoms with E-state index >= 15 is 0 Å². The molecule has 36 heavy (non-hydrogen) atoms. The summed E-state index contributed by atoms with van der Waals surface area (Å²) in [6.45, 7) is -1.10. The lowest BCUT2D eigenvalue weighted by molar-refractivity contribution is -0.340. The molecule has 0 radical (unpaired) electrons. The topological polar surface area (TPSA) is 304 Å². The van der Waals surface area contributed by atoms with E-state index < -0.39 is 105 Å². The number of rotatable bonds is 9. The molecule has 1 saturated carbocycles. The molecule has 0 aromatic carbocycles. The van der Waals surface area contributed by atoms with Crippen LogP contribution in [0.3, 0.4) is 0 Å². The third kappa shape index (κ3) is 6.12. The lowest BCUT2D eigenvalue weighted by Gasteiger charge is -2.48. The molecule has 0 aromatic heterocycles. The maximum absolute atomic E-state index is 11.0. The zero-order chi connectivity index (χ0) is 26.7. The Kier molecular flexibility index (Phi) is 10.7. The summed E-state index contributed by atoms with van der Waals surface area (Å²) >= 11 is 0. The average Bonchev–Trinajstić information content (AvgIpc) is 2.87. The van der Waals surface area contributed by atoms with Gasteiger partial charge in [-0.05, 0) is 6.42 Å². The standard InChI is InChI=1S/C18H36N4O14/c19-4-1-5(21-30)16(36-17-11(26)8(20)9(24)6(2-23)33-17)14(29)15(4)35-18-13(28)12(27)10(25)7(34-18)3-32-22-31/h4-18,21-31H,1-3,19-20H2/t4-,5+,6+,7+,8-,9+,10+,11+,12-,13+,14-,15?,16-,17+,18+/m0/s1. The molecule has 1 unspecified atom stereocenters. The fourth-order valence-corrected chi connectivity index (χ4v) is 4.55. The van der Waals surface area contributed by atoms with Crippen molar-refractivity contribution >= 4 is 0 Å². The third-order valence-electron chi connectivity index (χ3n) is 6.68. The Labute approximate surface area is 204 Å². The highest BCUT2D eigenvalue weighted by molar-refractivity contribution is 5.01. The van der Waals surface area contributed by atoms with E-state index in [1.165, 1.54) is 5.64 Å². The maximum atomic E-state index is 11.0. The van der Waals surface area contributed by atoms with Gasteiger partial charge in [0.2, 0.25) is 0 Å². The number of ether oxygens (including phenoxy) is 4. The largest absolute Gasteiger partial charge is 0.394 e. The van der Waals surface area contributed by atoms with Gasteiger partial charge in [0.15, 0.2) is 12.6 Å². The summed E-state index contributed by atoms with van der Waals surface area (Å²) < 4.78 is 22.1. The predicted molar refractivity (Wildman–Crippen MR) is 110 cm³/mol. The monoisotopic (exact) mass is 532 g/mol. The van der Waals surface area contributed by atoms with Gasteiger partial charge in [0.1, 0.15) is 61.0 Å². The van der Waals surface area contributed by atoms with E-state index in [4.69, 9.17) is 35.6 Å². The fraction of sp³-hybridized carbons (Fsp3) is 1.00. The molecule has 3 rings (SSSR count). The highest BCUT2D eigenvalue weighted by Gasteiger charge is 2.52. The van der Waals surface area contributed by atoms with E-state index in [-0.39, 0.29) is 6.42 Å². The van der Waals surface area contributed by atoms with Gasteiger partial charge in [0.05, 0.1) is 25.3 Å². The molecular weight excluding hydrogens is 496 g/mol. The maximum Gasteiger partial charge on any atom is 0.187 e. The van der Waals surface area contributed by atoms with Crippen molar-refractivity contribution in [3.63, 3.8) is 0 Å². The Morgan fingerprint density at radius 3 is 1.97 bits per heavy atom. The van der Waals surface area contributed by atoms with Crippen LogP contribution < -0.4 is 22.6 Å². The second-order valence-electron chi connectivity index (χ2n) is 9.03. The molecule has 15 atom stereocenters. The Balaban J connectivity index is 1.75. The minimum atomic E-state index is -1.78. The Morgan fingerprint density at radius 2 is 1.36 bits per heavy atom. The minimum absolute atomic E-state index is 0.0707. The van der Waals surface area contributed by atoms with Gasteiger partial charge in [0.25, 0.3) is 0 Å². The Bertz CT molecular complexity index is 684. The van der Waals surface area contributed by atoms with Gasteiger partial charge < -0.3 is 71.4 Å². The molecule has 2 heterocycles. The van der Waals surface area contributed by atoms with E-state index in [0.29, 0.717) is 0 Å². The summed E-state index contributed by atoms with van der Waals surface area (Å²) in [7, 11) is 0. The molecule has 1 aliphatic carbocycles. The fourth-order valence-electron chi connectivity index (χ4n) is 4.55. The second-order valence-corrected chi connectivity index (χ2v) is 9.03. The minimum Gasteiger partial charge on any atom is -0.394 e. The van der Waals surface area contributed by atoms with Crippen LogP contribution >= 0.6 is 0 Å². The van der Waals surface area contributed by atoms with Gasteiger partial charge in [-0.2, -0.15) is 5.48 Å². The van der Waals surface area contributed by atoms with Crippen LogP contribution in [0.1, 0.15) is 6.42 Å². The predicted octanol–water partition coefficient (Wildman–Crippen LogP) is -7.32. The van der Waals surface area contributed by atoms with Crippen LogP contribution in [-0.4, -0.2) is 151 Å². The van der Waals surface area contributed by atoms with Crippen molar-refractivity contribution in [2.45, 2.75) is 98.2 Å². The van der Waals surface area contributed by atoms with Gasteiger partial charge in [-0.15, -0.1) is 0 Å². The number of nitrogens with two attached hydrogens (primary N) is 2. The molecule has 18 nitrogen and oxygen atoms in total. The van der Waals surface area contributed by atoms with Crippen LogP contribution in [0.4, 0.5) is 0 Å². The summed E-state index contributed by atoms with van der Waals surface area (Å²) in [6, 6.07) is -3.25. The van der Waals surface area contributed by atoms with Crippen molar-refractivity contribution in [1.29, 1.82) is 0 Å². The molecule has 3 aliphatic rings. The van der Waals surface area contributed by atoms with Crippen molar-refractivity contribution in [2.24, 2.45) is 11.5 Å². The van der Waals surface area contributed by atoms with Crippen molar-refractivity contribution < 1.29 is 69.9 Å². The van der Waals surface area contributed by atoms with Crippen molar-refractivity contribution in [2.75, 3.05) is 13.2 Å². The van der Waals surface area contributed by atoms with Crippen molar-refractivity contribution in [3.05, 3.63) is 0 Å². The molecule has 15 N–H and O–H groups in total. The molecule has 18 heteroatoms. The number of nitrogens with one attached hydrogen (secondary N) is 2. The number of aliphatic hydroxyl groups is 7. The van der Waals surface area contributed by atoms with E-state index in [9.17, 15) is 41.0 Å². The quantitative estimate of drug-likeness (QED) is 0.123. The number of hydrogen-bond donors (Lipinski definition) is 13. The first-order valence-corrected chi connectivity index (χ1v) is 11.3. The van der Waals surface area contributed by atoms with Crippen molar-refractivity contribution in [3.8, 4) is 0 Å². The molecule has 3 fully saturated rings. The molecule has 212 valence electrons. The highest BCUT2D eigenvalue weighted by atomic mass is 16.8. The van der Waals surface area contributed by atoms with Crippen LogP contribution in [-0.2, 0) is 23.8 Å². The Hall–Kier alpha value is -0.720. The first kappa shape index (κ1) is 29.8. The van der Waals surface area contributed by atoms with Crippen LogP contribution in [0, 0.1) is 0 Å². The van der Waals surface area contributed by atoms with E-state index in [1.54, 1.807) is 0 Å². The summed E-state index contributed by atoms with van der Waals surface area (Å²) in [5.74, 6) is 0. The van der Waals surface area contributed by atoms with Gasteiger partial charge in [-0.25, -0.2) is 0 Å². The summed E-state index contributed by atoms with van der Waals surface area (Å²) in [5.41, 5.74) is 15.2. The molecule has 2 saturated heterocycles. The summed E-state index contributed by atoms with van der Waals surface area (Å²) in [6.07, 6.45) is -18.2. The number of aliphatic hydroxyl groups excluding tert-OH is 7. The Morgan fingerprint density at radius 1 is 0.750 bits per heavy atom. The lowest BCUT2D eigenvalue weighted by Crippen LogP contribution is -2.68. The first-order chi connectivity index (χ1) is 17.0. The van der Waals surface area contributed by atoms with Crippen LogP contribution in [0.15, 0.2) is 0 Å². The van der Waals surface area contributed by atoms with Gasteiger partial charge in [-0.1, -0.05) is 5.64 Å². The van der Waals surface area contributed by atoms with Crippen LogP contribution in [0.25, 0.3) is 0 Å².